The predicted molar refractivity (Wildman–Crippen MR) is 52.3 cm³/mol. The van der Waals surface area contributed by atoms with Gasteiger partial charge in [0.05, 0.1) is 13.7 Å². The molecule has 0 aromatic heterocycles. The first-order valence-electron chi connectivity index (χ1n) is 4.53. The van der Waals surface area contributed by atoms with Gasteiger partial charge in [-0.05, 0) is 12.1 Å². The van der Waals surface area contributed by atoms with Crippen LogP contribution in [0.2, 0.25) is 0 Å². The number of benzene rings is 1. The van der Waals surface area contributed by atoms with Gasteiger partial charge in [-0.25, -0.2) is 13.6 Å². The molecule has 88 valence electrons. The SMILES string of the molecule is COC(=O)NCCOc1ccc(F)cc1F. The molecule has 1 rings (SSSR count). The third-order valence-corrected chi connectivity index (χ3v) is 1.71. The van der Waals surface area contributed by atoms with E-state index in [0.29, 0.717) is 0 Å². The van der Waals surface area contributed by atoms with Gasteiger partial charge < -0.3 is 14.8 Å². The van der Waals surface area contributed by atoms with Crippen LogP contribution in [0.25, 0.3) is 0 Å². The average Bonchev–Trinajstić information content (AvgIpc) is 2.26. The molecule has 0 heterocycles. The summed E-state index contributed by atoms with van der Waals surface area (Å²) in [6.07, 6.45) is -0.594. The lowest BCUT2D eigenvalue weighted by atomic mass is 10.3. The normalized spacial score (nSPS) is 9.69. The summed E-state index contributed by atoms with van der Waals surface area (Å²) in [7, 11) is 1.23. The van der Waals surface area contributed by atoms with Crippen LogP contribution in [-0.2, 0) is 4.74 Å². The summed E-state index contributed by atoms with van der Waals surface area (Å²) in [5.41, 5.74) is 0. The zero-order valence-corrected chi connectivity index (χ0v) is 8.63. The number of methoxy groups -OCH3 is 1. The average molecular weight is 231 g/mol. The highest BCUT2D eigenvalue weighted by atomic mass is 19.1. The van der Waals surface area contributed by atoms with Crippen molar-refractivity contribution in [3.63, 3.8) is 0 Å². The number of rotatable bonds is 4. The highest BCUT2D eigenvalue weighted by Gasteiger charge is 2.04. The molecular formula is C10H11F2NO3. The molecule has 0 saturated heterocycles. The Hall–Kier alpha value is -1.85. The molecule has 0 fully saturated rings. The fourth-order valence-electron chi connectivity index (χ4n) is 0.979. The summed E-state index contributed by atoms with van der Waals surface area (Å²) in [6, 6.07) is 3.00. The number of carbonyl (C=O) groups is 1. The van der Waals surface area contributed by atoms with Crippen molar-refractivity contribution in [1.82, 2.24) is 5.32 Å². The fourth-order valence-corrected chi connectivity index (χ4v) is 0.979. The van der Waals surface area contributed by atoms with E-state index in [1.165, 1.54) is 13.2 Å². The summed E-state index contributed by atoms with van der Waals surface area (Å²) in [4.78, 5) is 10.6. The van der Waals surface area contributed by atoms with Crippen LogP contribution in [0.3, 0.4) is 0 Å². The Labute approximate surface area is 91.2 Å². The summed E-state index contributed by atoms with van der Waals surface area (Å²) >= 11 is 0. The summed E-state index contributed by atoms with van der Waals surface area (Å²) in [5, 5.41) is 2.35. The number of amides is 1. The second-order valence-corrected chi connectivity index (χ2v) is 2.84. The van der Waals surface area contributed by atoms with Gasteiger partial charge in [-0.1, -0.05) is 0 Å². The maximum absolute atomic E-state index is 13.0. The molecule has 4 nitrogen and oxygen atoms in total. The predicted octanol–water partition coefficient (Wildman–Crippen LogP) is 1.70. The Morgan fingerprint density at radius 1 is 1.44 bits per heavy atom. The van der Waals surface area contributed by atoms with Crippen LogP contribution in [0.5, 0.6) is 5.75 Å². The number of hydrogen-bond donors (Lipinski definition) is 1. The van der Waals surface area contributed by atoms with Gasteiger partial charge in [0.25, 0.3) is 0 Å². The summed E-state index contributed by atoms with van der Waals surface area (Å²) in [5.74, 6) is -1.51. The quantitative estimate of drug-likeness (QED) is 0.802. The van der Waals surface area contributed by atoms with Crippen LogP contribution in [0.1, 0.15) is 0 Å². The molecule has 0 aliphatic heterocycles. The molecule has 0 bridgehead atoms. The zero-order chi connectivity index (χ0) is 12.0. The van der Waals surface area contributed by atoms with Gasteiger partial charge in [-0.15, -0.1) is 0 Å². The first-order chi connectivity index (χ1) is 7.63. The minimum absolute atomic E-state index is 0.0620. The van der Waals surface area contributed by atoms with Gasteiger partial charge in [-0.3, -0.25) is 0 Å². The number of halogens is 2. The molecule has 1 aromatic rings. The first-order valence-corrected chi connectivity index (χ1v) is 4.53. The third-order valence-electron chi connectivity index (χ3n) is 1.71. The van der Waals surface area contributed by atoms with Gasteiger partial charge in [0.15, 0.2) is 11.6 Å². The van der Waals surface area contributed by atoms with Crippen LogP contribution in [-0.4, -0.2) is 26.4 Å². The molecule has 1 N–H and O–H groups in total. The molecule has 0 spiro atoms. The van der Waals surface area contributed by atoms with Gasteiger partial charge in [0.1, 0.15) is 12.4 Å². The maximum Gasteiger partial charge on any atom is 0.406 e. The number of carbonyl (C=O) groups excluding carboxylic acids is 1. The lowest BCUT2D eigenvalue weighted by Crippen LogP contribution is -2.27. The molecule has 0 atom stereocenters. The van der Waals surface area contributed by atoms with E-state index < -0.39 is 17.7 Å². The van der Waals surface area contributed by atoms with E-state index in [4.69, 9.17) is 4.74 Å². The van der Waals surface area contributed by atoms with E-state index in [1.807, 2.05) is 0 Å². The smallest absolute Gasteiger partial charge is 0.406 e. The number of hydrogen-bond acceptors (Lipinski definition) is 3. The van der Waals surface area contributed by atoms with Gasteiger partial charge in [0.2, 0.25) is 0 Å². The topological polar surface area (TPSA) is 47.6 Å². The highest BCUT2D eigenvalue weighted by molar-refractivity contribution is 5.66. The van der Waals surface area contributed by atoms with Crippen molar-refractivity contribution in [2.75, 3.05) is 20.3 Å². The second-order valence-electron chi connectivity index (χ2n) is 2.84. The Balaban J connectivity index is 2.35. The highest BCUT2D eigenvalue weighted by Crippen LogP contribution is 2.17. The lowest BCUT2D eigenvalue weighted by Gasteiger charge is -2.07. The minimum Gasteiger partial charge on any atom is -0.489 e. The number of alkyl carbamates (subject to hydrolysis) is 1. The number of nitrogens with one attached hydrogen (secondary N) is 1. The molecule has 6 heteroatoms. The maximum atomic E-state index is 13.0. The largest absolute Gasteiger partial charge is 0.489 e. The van der Waals surface area contributed by atoms with Crippen LogP contribution in [0, 0.1) is 11.6 Å². The van der Waals surface area contributed by atoms with E-state index >= 15 is 0 Å². The van der Waals surface area contributed by atoms with E-state index in [0.717, 1.165) is 12.1 Å². The fraction of sp³-hybridized carbons (Fsp3) is 0.300. The lowest BCUT2D eigenvalue weighted by molar-refractivity contribution is 0.168. The van der Waals surface area contributed by atoms with Crippen molar-refractivity contribution in [2.24, 2.45) is 0 Å². The summed E-state index contributed by atoms with van der Waals surface area (Å²) in [6.45, 7) is 0.237. The van der Waals surface area contributed by atoms with Crippen molar-refractivity contribution >= 4 is 6.09 Å². The van der Waals surface area contributed by atoms with Gasteiger partial charge in [0, 0.05) is 6.07 Å². The first kappa shape index (κ1) is 12.2. The van der Waals surface area contributed by atoms with Crippen LogP contribution in [0.15, 0.2) is 18.2 Å². The van der Waals surface area contributed by atoms with E-state index in [2.05, 4.69) is 10.1 Å². The third kappa shape index (κ3) is 3.72. The molecule has 0 aliphatic carbocycles. The van der Waals surface area contributed by atoms with Gasteiger partial charge in [-0.2, -0.15) is 0 Å². The molecular weight excluding hydrogens is 220 g/mol. The van der Waals surface area contributed by atoms with E-state index in [-0.39, 0.29) is 18.9 Å². The Kier molecular flexibility index (Phi) is 4.50. The standard InChI is InChI=1S/C10H11F2NO3/c1-15-10(14)13-4-5-16-9-3-2-7(11)6-8(9)12/h2-3,6H,4-5H2,1H3,(H,13,14). The Morgan fingerprint density at radius 3 is 2.81 bits per heavy atom. The molecule has 0 saturated carbocycles. The zero-order valence-electron chi connectivity index (χ0n) is 8.63. The monoisotopic (exact) mass is 231 g/mol. The Bertz CT molecular complexity index is 371. The molecule has 0 radical (unpaired) electrons. The molecule has 0 aliphatic rings. The van der Waals surface area contributed by atoms with Crippen molar-refractivity contribution in [1.29, 1.82) is 0 Å². The minimum atomic E-state index is -0.780. The van der Waals surface area contributed by atoms with Crippen LogP contribution in [0.4, 0.5) is 13.6 Å². The molecule has 1 amide bonds. The summed E-state index contributed by atoms with van der Waals surface area (Å²) < 4.78 is 34.8. The van der Waals surface area contributed by atoms with Crippen molar-refractivity contribution in [3.8, 4) is 5.75 Å². The van der Waals surface area contributed by atoms with E-state index in [9.17, 15) is 13.6 Å². The second kappa shape index (κ2) is 5.89. The van der Waals surface area contributed by atoms with Gasteiger partial charge >= 0.3 is 6.09 Å². The molecule has 1 aromatic carbocycles. The molecule has 0 unspecified atom stereocenters. The van der Waals surface area contributed by atoms with Crippen molar-refractivity contribution in [3.05, 3.63) is 29.8 Å². The number of ether oxygens (including phenoxy) is 2. The van der Waals surface area contributed by atoms with Crippen molar-refractivity contribution in [2.45, 2.75) is 0 Å². The Morgan fingerprint density at radius 2 is 2.19 bits per heavy atom. The van der Waals surface area contributed by atoms with Crippen molar-refractivity contribution < 1.29 is 23.0 Å². The van der Waals surface area contributed by atoms with Crippen LogP contribution < -0.4 is 10.1 Å². The molecule has 16 heavy (non-hydrogen) atoms. The van der Waals surface area contributed by atoms with E-state index in [1.54, 1.807) is 0 Å². The van der Waals surface area contributed by atoms with Crippen LogP contribution >= 0.6 is 0 Å².